The zero-order valence-corrected chi connectivity index (χ0v) is 11.6. The Morgan fingerprint density at radius 3 is 1.82 bits per heavy atom. The first kappa shape index (κ1) is 12.6. The van der Waals surface area contributed by atoms with Crippen molar-refractivity contribution in [2.45, 2.75) is 58.9 Å². The molecule has 0 spiro atoms. The summed E-state index contributed by atoms with van der Waals surface area (Å²) in [6.07, 6.45) is 4.69. The van der Waals surface area contributed by atoms with Crippen LogP contribution in [0.15, 0.2) is 18.2 Å². The van der Waals surface area contributed by atoms with E-state index >= 15 is 0 Å². The van der Waals surface area contributed by atoms with Crippen LogP contribution in [0.3, 0.4) is 0 Å². The lowest BCUT2D eigenvalue weighted by atomic mass is 9.67. The van der Waals surface area contributed by atoms with Crippen molar-refractivity contribution < 1.29 is 0 Å². The quantitative estimate of drug-likeness (QED) is 0.775. The van der Waals surface area contributed by atoms with Gasteiger partial charge in [0, 0.05) is 5.54 Å². The average Bonchev–Trinajstić information content (AvgIpc) is 2.22. The third kappa shape index (κ3) is 2.71. The smallest absolute Gasteiger partial charge is 0.0410 e. The molecule has 0 heterocycles. The highest BCUT2D eigenvalue weighted by molar-refractivity contribution is 5.33. The molecule has 1 fully saturated rings. The zero-order valence-electron chi connectivity index (χ0n) is 11.6. The Hall–Kier alpha value is -0.820. The van der Waals surface area contributed by atoms with Gasteiger partial charge in [0.1, 0.15) is 0 Å². The second-order valence-electron chi connectivity index (χ2n) is 6.70. The van der Waals surface area contributed by atoms with Gasteiger partial charge in [-0.2, -0.15) is 0 Å². The van der Waals surface area contributed by atoms with Gasteiger partial charge in [-0.1, -0.05) is 43.2 Å². The van der Waals surface area contributed by atoms with Crippen LogP contribution in [0.4, 0.5) is 0 Å². The van der Waals surface area contributed by atoms with Crippen LogP contribution in [0.25, 0.3) is 0 Å². The molecule has 0 aliphatic heterocycles. The van der Waals surface area contributed by atoms with Crippen LogP contribution in [0.5, 0.6) is 0 Å². The molecule has 1 aromatic carbocycles. The molecule has 1 aliphatic carbocycles. The molecule has 1 aliphatic rings. The molecule has 2 rings (SSSR count). The van der Waals surface area contributed by atoms with Gasteiger partial charge in [0.05, 0.1) is 0 Å². The van der Waals surface area contributed by atoms with Crippen molar-refractivity contribution in [2.24, 2.45) is 11.1 Å². The van der Waals surface area contributed by atoms with Crippen LogP contribution in [0.1, 0.15) is 56.2 Å². The topological polar surface area (TPSA) is 26.0 Å². The normalized spacial score (nSPS) is 22.4. The van der Waals surface area contributed by atoms with Crippen molar-refractivity contribution in [3.05, 3.63) is 34.9 Å². The van der Waals surface area contributed by atoms with Crippen molar-refractivity contribution in [1.29, 1.82) is 0 Å². The van der Waals surface area contributed by atoms with Gasteiger partial charge >= 0.3 is 0 Å². The third-order valence-corrected chi connectivity index (χ3v) is 4.29. The first-order chi connectivity index (χ1) is 7.81. The molecule has 17 heavy (non-hydrogen) atoms. The van der Waals surface area contributed by atoms with Gasteiger partial charge in [-0.15, -0.1) is 0 Å². The molecule has 0 aromatic heterocycles. The maximum Gasteiger partial charge on any atom is 0.0410 e. The van der Waals surface area contributed by atoms with Crippen molar-refractivity contribution in [3.63, 3.8) is 0 Å². The van der Waals surface area contributed by atoms with Gasteiger partial charge in [0.2, 0.25) is 0 Å². The molecule has 0 saturated heterocycles. The van der Waals surface area contributed by atoms with E-state index in [9.17, 15) is 0 Å². The summed E-state index contributed by atoms with van der Waals surface area (Å²) < 4.78 is 0. The number of benzene rings is 1. The van der Waals surface area contributed by atoms with Crippen LogP contribution in [-0.4, -0.2) is 0 Å². The van der Waals surface area contributed by atoms with E-state index in [1.807, 2.05) is 0 Å². The molecule has 1 saturated carbocycles. The number of aryl methyl sites for hydroxylation is 2. The first-order valence-corrected chi connectivity index (χ1v) is 6.68. The summed E-state index contributed by atoms with van der Waals surface area (Å²) in [5, 5.41) is 0. The molecule has 2 N–H and O–H groups in total. The van der Waals surface area contributed by atoms with Gasteiger partial charge in [0.15, 0.2) is 0 Å². The molecule has 1 heteroatoms. The first-order valence-electron chi connectivity index (χ1n) is 6.68. The summed E-state index contributed by atoms with van der Waals surface area (Å²) >= 11 is 0. The van der Waals surface area contributed by atoms with E-state index in [-0.39, 0.29) is 5.54 Å². The summed E-state index contributed by atoms with van der Waals surface area (Å²) in [7, 11) is 0. The van der Waals surface area contributed by atoms with E-state index in [0.29, 0.717) is 5.41 Å². The highest BCUT2D eigenvalue weighted by Crippen LogP contribution is 2.43. The largest absolute Gasteiger partial charge is 0.321 e. The minimum Gasteiger partial charge on any atom is -0.321 e. The van der Waals surface area contributed by atoms with E-state index in [1.165, 1.54) is 29.5 Å². The summed E-state index contributed by atoms with van der Waals surface area (Å²) in [6, 6.07) is 6.76. The van der Waals surface area contributed by atoms with Crippen molar-refractivity contribution >= 4 is 0 Å². The van der Waals surface area contributed by atoms with Crippen molar-refractivity contribution in [2.75, 3.05) is 0 Å². The Bertz CT molecular complexity index is 387. The third-order valence-electron chi connectivity index (χ3n) is 4.29. The van der Waals surface area contributed by atoms with Gasteiger partial charge in [-0.25, -0.2) is 0 Å². The van der Waals surface area contributed by atoms with Gasteiger partial charge < -0.3 is 5.73 Å². The predicted octanol–water partition coefficient (Wildman–Crippen LogP) is 4.06. The lowest BCUT2D eigenvalue weighted by Gasteiger charge is -2.41. The Morgan fingerprint density at radius 2 is 1.35 bits per heavy atom. The lowest BCUT2D eigenvalue weighted by Crippen LogP contribution is -2.42. The molecule has 94 valence electrons. The Morgan fingerprint density at radius 1 is 0.882 bits per heavy atom. The highest BCUT2D eigenvalue weighted by Gasteiger charge is 2.36. The molecule has 1 nitrogen and oxygen atoms in total. The Kier molecular flexibility index (Phi) is 3.07. The van der Waals surface area contributed by atoms with Crippen LogP contribution >= 0.6 is 0 Å². The minimum atomic E-state index is -0.0910. The van der Waals surface area contributed by atoms with Gasteiger partial charge in [0.25, 0.3) is 0 Å². The minimum absolute atomic E-state index is 0.0910. The maximum absolute atomic E-state index is 6.64. The van der Waals surface area contributed by atoms with Crippen molar-refractivity contribution in [1.82, 2.24) is 0 Å². The second-order valence-corrected chi connectivity index (χ2v) is 6.70. The number of nitrogens with two attached hydrogens (primary N) is 1. The molecule has 0 atom stereocenters. The number of rotatable bonds is 1. The van der Waals surface area contributed by atoms with Crippen LogP contribution < -0.4 is 5.73 Å². The number of hydrogen-bond acceptors (Lipinski definition) is 1. The van der Waals surface area contributed by atoms with E-state index in [2.05, 4.69) is 45.9 Å². The van der Waals surface area contributed by atoms with E-state index in [1.54, 1.807) is 0 Å². The zero-order chi connectivity index (χ0) is 12.7. The van der Waals surface area contributed by atoms with Crippen molar-refractivity contribution in [3.8, 4) is 0 Å². The van der Waals surface area contributed by atoms with E-state index < -0.39 is 0 Å². The van der Waals surface area contributed by atoms with E-state index in [4.69, 9.17) is 5.73 Å². The number of hydrogen-bond donors (Lipinski definition) is 1. The molecule has 0 bridgehead atoms. The molecular weight excluding hydrogens is 206 g/mol. The van der Waals surface area contributed by atoms with Gasteiger partial charge in [-0.3, -0.25) is 0 Å². The van der Waals surface area contributed by atoms with Crippen LogP contribution in [0, 0.1) is 19.3 Å². The molecule has 1 aromatic rings. The molecular formula is C16H25N. The molecule has 0 amide bonds. The van der Waals surface area contributed by atoms with Crippen LogP contribution in [0.2, 0.25) is 0 Å². The average molecular weight is 231 g/mol. The summed E-state index contributed by atoms with van der Waals surface area (Å²) in [5.74, 6) is 0. The summed E-state index contributed by atoms with van der Waals surface area (Å²) in [6.45, 7) is 9.03. The maximum atomic E-state index is 6.64. The molecule has 0 radical (unpaired) electrons. The van der Waals surface area contributed by atoms with Gasteiger partial charge in [-0.05, 0) is 50.5 Å². The SMILES string of the molecule is Cc1cc(C)cc(C2(N)CCC(C)(C)CC2)c1. The fraction of sp³-hybridized carbons (Fsp3) is 0.625. The predicted molar refractivity (Wildman–Crippen MR) is 74.0 cm³/mol. The fourth-order valence-corrected chi connectivity index (χ4v) is 2.92. The summed E-state index contributed by atoms with van der Waals surface area (Å²) in [5.41, 5.74) is 11.0. The van der Waals surface area contributed by atoms with Crippen LogP contribution in [-0.2, 0) is 5.54 Å². The molecule has 0 unspecified atom stereocenters. The Labute approximate surface area is 105 Å². The highest BCUT2D eigenvalue weighted by atomic mass is 14.8. The second kappa shape index (κ2) is 4.13. The Balaban J connectivity index is 2.27. The fourth-order valence-electron chi connectivity index (χ4n) is 2.92. The lowest BCUT2D eigenvalue weighted by molar-refractivity contribution is 0.165. The standard InChI is InChI=1S/C16H25N/c1-12-9-13(2)11-14(10-12)16(17)7-5-15(3,4)6-8-16/h9-11H,5-8,17H2,1-4H3. The summed E-state index contributed by atoms with van der Waals surface area (Å²) in [4.78, 5) is 0. The van der Waals surface area contributed by atoms with E-state index in [0.717, 1.165) is 12.8 Å². The monoisotopic (exact) mass is 231 g/mol.